The molecule has 0 aliphatic rings. The molecule has 4 rings (SSSR count). The molecule has 0 aliphatic carbocycles. The Bertz CT molecular complexity index is 1030. The highest BCUT2D eigenvalue weighted by Crippen LogP contribution is 2.28. The van der Waals surface area contributed by atoms with Crippen molar-refractivity contribution in [1.82, 2.24) is 20.1 Å². The molecule has 0 bridgehead atoms. The summed E-state index contributed by atoms with van der Waals surface area (Å²) in [6.07, 6.45) is 3.40. The monoisotopic (exact) mass is 346 g/mol. The van der Waals surface area contributed by atoms with E-state index in [4.69, 9.17) is 4.42 Å². The minimum Gasteiger partial charge on any atom is -0.459 e. The predicted molar refractivity (Wildman–Crippen MR) is 97.7 cm³/mol. The molecule has 1 amide bonds. The number of carbonyl (C=O) groups is 1. The first-order valence-corrected chi connectivity index (χ1v) is 8.32. The highest BCUT2D eigenvalue weighted by molar-refractivity contribution is 5.93. The Balaban J connectivity index is 1.74. The Morgan fingerprint density at radius 2 is 1.92 bits per heavy atom. The molecule has 1 N–H and O–H groups in total. The summed E-state index contributed by atoms with van der Waals surface area (Å²) in [7, 11) is 1.75. The van der Waals surface area contributed by atoms with Gasteiger partial charge in [0.05, 0.1) is 5.69 Å². The van der Waals surface area contributed by atoms with Gasteiger partial charge in [0.15, 0.2) is 0 Å². The van der Waals surface area contributed by atoms with Gasteiger partial charge in [-0.05, 0) is 42.8 Å². The molecule has 4 aromatic rings. The SMILES string of the molecule is Cc1cc(C(=O)N[C@H](c2ccncc2)c2cc3ccccc3o2)n(C)n1. The quantitative estimate of drug-likeness (QED) is 0.615. The second kappa shape index (κ2) is 6.48. The topological polar surface area (TPSA) is 73.0 Å². The Hall–Kier alpha value is -3.41. The van der Waals surface area contributed by atoms with Crippen LogP contribution < -0.4 is 5.32 Å². The molecule has 6 heteroatoms. The van der Waals surface area contributed by atoms with Crippen LogP contribution in [0.25, 0.3) is 11.0 Å². The molecule has 0 spiro atoms. The first-order valence-electron chi connectivity index (χ1n) is 8.32. The molecule has 3 heterocycles. The lowest BCUT2D eigenvalue weighted by Crippen LogP contribution is -2.30. The zero-order chi connectivity index (χ0) is 18.1. The van der Waals surface area contributed by atoms with E-state index in [9.17, 15) is 4.79 Å². The number of pyridine rings is 1. The van der Waals surface area contributed by atoms with Crippen molar-refractivity contribution in [3.8, 4) is 0 Å². The molecular formula is C20H18N4O2. The Morgan fingerprint density at radius 1 is 1.15 bits per heavy atom. The van der Waals surface area contributed by atoms with Crippen LogP contribution in [0.15, 0.2) is 65.3 Å². The number of para-hydroxylation sites is 1. The van der Waals surface area contributed by atoms with E-state index in [1.807, 2.05) is 49.4 Å². The van der Waals surface area contributed by atoms with Gasteiger partial charge >= 0.3 is 0 Å². The molecule has 0 unspecified atom stereocenters. The van der Waals surface area contributed by atoms with Crippen LogP contribution in [0.2, 0.25) is 0 Å². The van der Waals surface area contributed by atoms with E-state index in [0.29, 0.717) is 11.5 Å². The van der Waals surface area contributed by atoms with Crippen molar-refractivity contribution >= 4 is 16.9 Å². The number of hydrogen-bond donors (Lipinski definition) is 1. The number of amides is 1. The third-order valence-electron chi connectivity index (χ3n) is 4.28. The van der Waals surface area contributed by atoms with Crippen molar-refractivity contribution in [3.05, 3.63) is 83.6 Å². The van der Waals surface area contributed by atoms with E-state index in [1.165, 1.54) is 0 Å². The molecule has 0 radical (unpaired) electrons. The predicted octanol–water partition coefficient (Wildman–Crippen LogP) is 3.39. The van der Waals surface area contributed by atoms with Gasteiger partial charge in [0.25, 0.3) is 5.91 Å². The van der Waals surface area contributed by atoms with Crippen LogP contribution in [-0.4, -0.2) is 20.7 Å². The number of aryl methyl sites for hydroxylation is 2. The first-order chi connectivity index (χ1) is 12.6. The van der Waals surface area contributed by atoms with Crippen molar-refractivity contribution in [3.63, 3.8) is 0 Å². The van der Waals surface area contributed by atoms with Crippen molar-refractivity contribution in [2.75, 3.05) is 0 Å². The van der Waals surface area contributed by atoms with E-state index in [-0.39, 0.29) is 5.91 Å². The number of benzene rings is 1. The zero-order valence-corrected chi connectivity index (χ0v) is 14.5. The van der Waals surface area contributed by atoms with Crippen LogP contribution >= 0.6 is 0 Å². The van der Waals surface area contributed by atoms with E-state index >= 15 is 0 Å². The Labute approximate surface area is 150 Å². The molecule has 3 aromatic heterocycles. The lowest BCUT2D eigenvalue weighted by atomic mass is 10.1. The summed E-state index contributed by atoms with van der Waals surface area (Å²) in [5, 5.41) is 8.29. The summed E-state index contributed by atoms with van der Waals surface area (Å²) >= 11 is 0. The van der Waals surface area contributed by atoms with Crippen molar-refractivity contribution < 1.29 is 9.21 Å². The van der Waals surface area contributed by atoms with Gasteiger partial charge < -0.3 is 9.73 Å². The van der Waals surface area contributed by atoms with E-state index < -0.39 is 6.04 Å². The van der Waals surface area contributed by atoms with Crippen molar-refractivity contribution in [2.24, 2.45) is 7.05 Å². The Kier molecular flexibility index (Phi) is 4.01. The molecule has 26 heavy (non-hydrogen) atoms. The van der Waals surface area contributed by atoms with Crippen LogP contribution in [0, 0.1) is 6.92 Å². The number of hydrogen-bond acceptors (Lipinski definition) is 4. The van der Waals surface area contributed by atoms with Crippen molar-refractivity contribution in [1.29, 1.82) is 0 Å². The second-order valence-electron chi connectivity index (χ2n) is 6.17. The smallest absolute Gasteiger partial charge is 0.270 e. The number of nitrogens with zero attached hydrogens (tertiary/aromatic N) is 3. The van der Waals surface area contributed by atoms with Gasteiger partial charge in [0.2, 0.25) is 0 Å². The molecule has 1 aromatic carbocycles. The number of carbonyl (C=O) groups excluding carboxylic acids is 1. The Morgan fingerprint density at radius 3 is 2.62 bits per heavy atom. The minimum absolute atomic E-state index is 0.213. The van der Waals surface area contributed by atoms with Crippen LogP contribution in [-0.2, 0) is 7.05 Å². The molecule has 1 atom stereocenters. The summed E-state index contributed by atoms with van der Waals surface area (Å²) in [6.45, 7) is 1.86. The molecule has 0 aliphatic heterocycles. The number of furan rings is 1. The molecule has 6 nitrogen and oxygen atoms in total. The van der Waals surface area contributed by atoms with E-state index in [1.54, 1.807) is 30.2 Å². The number of fused-ring (bicyclic) bond motifs is 1. The van der Waals surface area contributed by atoms with Gasteiger partial charge in [-0.3, -0.25) is 14.5 Å². The zero-order valence-electron chi connectivity index (χ0n) is 14.5. The molecule has 0 saturated carbocycles. The van der Waals surface area contributed by atoms with Gasteiger partial charge in [-0.2, -0.15) is 5.10 Å². The highest BCUT2D eigenvalue weighted by Gasteiger charge is 2.23. The highest BCUT2D eigenvalue weighted by atomic mass is 16.3. The lowest BCUT2D eigenvalue weighted by Gasteiger charge is -2.17. The number of nitrogens with one attached hydrogen (secondary N) is 1. The second-order valence-corrected chi connectivity index (χ2v) is 6.17. The maximum atomic E-state index is 12.8. The molecule has 0 fully saturated rings. The van der Waals surface area contributed by atoms with Gasteiger partial charge in [-0.25, -0.2) is 0 Å². The first kappa shape index (κ1) is 16.1. The van der Waals surface area contributed by atoms with Crippen LogP contribution in [0.1, 0.15) is 33.5 Å². The third kappa shape index (κ3) is 2.97. The van der Waals surface area contributed by atoms with Gasteiger partial charge in [0.1, 0.15) is 23.1 Å². The fourth-order valence-corrected chi connectivity index (χ4v) is 3.05. The average Bonchev–Trinajstić information content (AvgIpc) is 3.22. The fourth-order valence-electron chi connectivity index (χ4n) is 3.05. The van der Waals surface area contributed by atoms with Gasteiger partial charge in [0, 0.05) is 24.8 Å². The largest absolute Gasteiger partial charge is 0.459 e. The maximum absolute atomic E-state index is 12.8. The van der Waals surface area contributed by atoms with Crippen molar-refractivity contribution in [2.45, 2.75) is 13.0 Å². The van der Waals surface area contributed by atoms with Crippen LogP contribution in [0.5, 0.6) is 0 Å². The van der Waals surface area contributed by atoms with Crippen LogP contribution in [0.3, 0.4) is 0 Å². The van der Waals surface area contributed by atoms with Gasteiger partial charge in [-0.1, -0.05) is 18.2 Å². The standard InChI is InChI=1S/C20H18N4O2/c1-13-11-16(24(2)23-13)20(25)22-19(14-7-9-21-10-8-14)18-12-15-5-3-4-6-17(15)26-18/h3-12,19H,1-2H3,(H,22,25)/t19-/m1/s1. The lowest BCUT2D eigenvalue weighted by molar-refractivity contribution is 0.0929. The third-order valence-corrected chi connectivity index (χ3v) is 4.28. The summed E-state index contributed by atoms with van der Waals surface area (Å²) in [5.74, 6) is 0.458. The normalized spacial score (nSPS) is 12.2. The van der Waals surface area contributed by atoms with Gasteiger partial charge in [-0.15, -0.1) is 0 Å². The molecule has 130 valence electrons. The molecule has 0 saturated heterocycles. The van der Waals surface area contributed by atoms with Crippen LogP contribution in [0.4, 0.5) is 0 Å². The summed E-state index contributed by atoms with van der Waals surface area (Å²) in [6, 6.07) is 14.8. The summed E-state index contributed by atoms with van der Waals surface area (Å²) < 4.78 is 7.58. The number of rotatable bonds is 4. The van der Waals surface area contributed by atoms with E-state index in [2.05, 4.69) is 15.4 Å². The fraction of sp³-hybridized carbons (Fsp3) is 0.150. The van der Waals surface area contributed by atoms with E-state index in [0.717, 1.165) is 22.2 Å². The molecular weight excluding hydrogens is 328 g/mol. The average molecular weight is 346 g/mol. The number of aromatic nitrogens is 3. The minimum atomic E-state index is -0.423. The maximum Gasteiger partial charge on any atom is 0.270 e. The summed E-state index contributed by atoms with van der Waals surface area (Å²) in [5.41, 5.74) is 2.97. The summed E-state index contributed by atoms with van der Waals surface area (Å²) in [4.78, 5) is 16.9.